The number of piperidine rings is 1. The van der Waals surface area contributed by atoms with Crippen molar-refractivity contribution in [2.24, 2.45) is 0 Å². The van der Waals surface area contributed by atoms with E-state index in [0.717, 1.165) is 81.0 Å². The number of amides is 2. The van der Waals surface area contributed by atoms with E-state index < -0.39 is 0 Å². The first-order valence-corrected chi connectivity index (χ1v) is 16.5. The number of ether oxygens (including phenoxy) is 1. The van der Waals surface area contributed by atoms with E-state index in [2.05, 4.69) is 56.6 Å². The van der Waals surface area contributed by atoms with Gasteiger partial charge in [0.15, 0.2) is 0 Å². The molecule has 9 nitrogen and oxygen atoms in total. The molecule has 3 fully saturated rings. The molecule has 2 amide bonds. The number of carbonyl (C=O) groups excluding carboxylic acids is 2. The van der Waals surface area contributed by atoms with Crippen LogP contribution in [0.25, 0.3) is 0 Å². The molecule has 3 aromatic rings. The highest BCUT2D eigenvalue weighted by atomic mass is 16.5. The first kappa shape index (κ1) is 29.6. The fraction of sp³-hybridized carbons (Fsp3) is 0.472. The second-order valence-corrected chi connectivity index (χ2v) is 13.2. The third-order valence-corrected chi connectivity index (χ3v) is 10.3. The van der Waals surface area contributed by atoms with Crippen LogP contribution in [0.1, 0.15) is 76.1 Å². The standard InChI is InChI=1S/C36H44N6O3/c1-23-32(12-6-26-14-19-45-34(23)26)36(44)39-28-20-30-10-11-31(21-28)42(30)33-13-7-27(22-37-33)35(43)38-24(2)25-4-8-29(9-5-25)41-17-15-40(3)16-18-41/h4-9,12-13,22,24,28,30-31H,10-11,14-21H2,1-3H3,(H,38,43)(H,39,44)/t24?,28?,30-,31?/m0/s1. The predicted molar refractivity (Wildman–Crippen MR) is 176 cm³/mol. The Hall–Kier alpha value is -4.11. The SMILES string of the molecule is Cc1c(C(=O)NC2CC3CC[C@@H](C2)N3c2ccc(C(=O)NC(C)c3ccc(N4CCN(C)CC4)cc3)cn2)ccc2c1OCC2. The van der Waals surface area contributed by atoms with Gasteiger partial charge in [0.1, 0.15) is 11.6 Å². The fourth-order valence-electron chi connectivity index (χ4n) is 7.66. The van der Waals surface area contributed by atoms with Crippen LogP contribution in [0.5, 0.6) is 5.75 Å². The number of carbonyl (C=O) groups is 2. The zero-order valence-corrected chi connectivity index (χ0v) is 26.6. The van der Waals surface area contributed by atoms with Crippen molar-refractivity contribution in [3.05, 3.63) is 82.5 Å². The van der Waals surface area contributed by atoms with E-state index in [-0.39, 0.29) is 23.9 Å². The molecule has 236 valence electrons. The average molecular weight is 609 g/mol. The molecule has 2 N–H and O–H groups in total. The largest absolute Gasteiger partial charge is 0.493 e. The normalized spacial score (nSPS) is 23.3. The van der Waals surface area contributed by atoms with Crippen LogP contribution >= 0.6 is 0 Å². The average Bonchev–Trinajstić information content (AvgIpc) is 3.64. The first-order valence-electron chi connectivity index (χ1n) is 16.5. The lowest BCUT2D eigenvalue weighted by molar-refractivity contribution is 0.0922. The summed E-state index contributed by atoms with van der Waals surface area (Å²) >= 11 is 0. The monoisotopic (exact) mass is 608 g/mol. The maximum Gasteiger partial charge on any atom is 0.253 e. The molecule has 0 radical (unpaired) electrons. The number of pyridine rings is 1. The summed E-state index contributed by atoms with van der Waals surface area (Å²) in [5.74, 6) is 1.65. The number of likely N-dealkylation sites (N-methyl/N-ethyl adjacent to an activating group) is 1. The Labute approximate surface area is 265 Å². The minimum Gasteiger partial charge on any atom is -0.493 e. The summed E-state index contributed by atoms with van der Waals surface area (Å²) in [6.07, 6.45) is 6.54. The van der Waals surface area contributed by atoms with E-state index in [1.54, 1.807) is 6.20 Å². The van der Waals surface area contributed by atoms with E-state index in [1.165, 1.54) is 11.3 Å². The number of aromatic nitrogens is 1. The molecular formula is C36H44N6O3. The topological polar surface area (TPSA) is 90.0 Å². The summed E-state index contributed by atoms with van der Waals surface area (Å²) in [5.41, 5.74) is 5.70. The Bertz CT molecular complexity index is 1540. The summed E-state index contributed by atoms with van der Waals surface area (Å²) in [5, 5.41) is 6.46. The summed E-state index contributed by atoms with van der Waals surface area (Å²) < 4.78 is 5.78. The smallest absolute Gasteiger partial charge is 0.253 e. The van der Waals surface area contributed by atoms with Gasteiger partial charge in [-0.2, -0.15) is 0 Å². The van der Waals surface area contributed by atoms with Crippen molar-refractivity contribution in [1.82, 2.24) is 20.5 Å². The van der Waals surface area contributed by atoms with Gasteiger partial charge in [0.2, 0.25) is 0 Å². The van der Waals surface area contributed by atoms with Crippen LogP contribution in [0, 0.1) is 6.92 Å². The predicted octanol–water partition coefficient (Wildman–Crippen LogP) is 4.50. The van der Waals surface area contributed by atoms with Crippen LogP contribution in [0.3, 0.4) is 0 Å². The van der Waals surface area contributed by atoms with Crippen molar-refractivity contribution < 1.29 is 14.3 Å². The molecule has 5 heterocycles. The van der Waals surface area contributed by atoms with E-state index >= 15 is 0 Å². The third-order valence-electron chi connectivity index (χ3n) is 10.3. The van der Waals surface area contributed by atoms with E-state index in [0.29, 0.717) is 29.8 Å². The number of hydrogen-bond acceptors (Lipinski definition) is 7. The lowest BCUT2D eigenvalue weighted by Gasteiger charge is -2.40. The van der Waals surface area contributed by atoms with Crippen LogP contribution in [-0.4, -0.2) is 79.7 Å². The number of rotatable bonds is 7. The van der Waals surface area contributed by atoms with Crippen molar-refractivity contribution in [2.45, 2.75) is 70.1 Å². The van der Waals surface area contributed by atoms with E-state index in [1.807, 2.05) is 38.1 Å². The molecule has 0 spiro atoms. The van der Waals surface area contributed by atoms with Gasteiger partial charge in [0.25, 0.3) is 11.8 Å². The van der Waals surface area contributed by atoms with Crippen LogP contribution in [0.15, 0.2) is 54.7 Å². The summed E-state index contributed by atoms with van der Waals surface area (Å²) in [6.45, 7) is 8.90. The van der Waals surface area contributed by atoms with Gasteiger partial charge in [-0.1, -0.05) is 18.2 Å². The van der Waals surface area contributed by atoms with Gasteiger partial charge in [-0.05, 0) is 88.0 Å². The van der Waals surface area contributed by atoms with Gasteiger partial charge in [-0.3, -0.25) is 9.59 Å². The molecule has 0 saturated carbocycles. The molecule has 2 bridgehead atoms. The molecule has 3 saturated heterocycles. The highest BCUT2D eigenvalue weighted by molar-refractivity contribution is 5.97. The molecule has 9 heteroatoms. The number of benzene rings is 2. The minimum absolute atomic E-state index is 0.0163. The first-order chi connectivity index (χ1) is 21.8. The van der Waals surface area contributed by atoms with Gasteiger partial charge < -0.3 is 30.1 Å². The van der Waals surface area contributed by atoms with Crippen molar-refractivity contribution >= 4 is 23.3 Å². The molecule has 4 aliphatic heterocycles. The Morgan fingerprint density at radius 3 is 2.36 bits per heavy atom. The van der Waals surface area contributed by atoms with Gasteiger partial charge in [-0.25, -0.2) is 4.98 Å². The van der Waals surface area contributed by atoms with Crippen molar-refractivity contribution in [2.75, 3.05) is 49.6 Å². The van der Waals surface area contributed by atoms with E-state index in [4.69, 9.17) is 9.72 Å². The molecule has 0 aliphatic carbocycles. The van der Waals surface area contributed by atoms with Crippen molar-refractivity contribution in [3.63, 3.8) is 0 Å². The summed E-state index contributed by atoms with van der Waals surface area (Å²) in [6, 6.07) is 17.0. The summed E-state index contributed by atoms with van der Waals surface area (Å²) in [7, 11) is 2.16. The van der Waals surface area contributed by atoms with Gasteiger partial charge in [0.05, 0.1) is 18.2 Å². The molecule has 45 heavy (non-hydrogen) atoms. The Morgan fingerprint density at radius 1 is 0.933 bits per heavy atom. The quantitative estimate of drug-likeness (QED) is 0.409. The molecule has 4 aliphatic rings. The molecular weight excluding hydrogens is 564 g/mol. The maximum absolute atomic E-state index is 13.2. The lowest BCUT2D eigenvalue weighted by atomic mass is 9.96. The summed E-state index contributed by atoms with van der Waals surface area (Å²) in [4.78, 5) is 38.3. The molecule has 1 aromatic heterocycles. The van der Waals surface area contributed by atoms with E-state index in [9.17, 15) is 9.59 Å². The Balaban J connectivity index is 0.939. The van der Waals surface area contributed by atoms with Crippen molar-refractivity contribution in [1.29, 1.82) is 0 Å². The fourth-order valence-corrected chi connectivity index (χ4v) is 7.66. The minimum atomic E-state index is -0.124. The molecule has 4 atom stereocenters. The highest BCUT2D eigenvalue weighted by Crippen LogP contribution is 2.39. The van der Waals surface area contributed by atoms with Crippen LogP contribution in [-0.2, 0) is 6.42 Å². The second-order valence-electron chi connectivity index (χ2n) is 13.2. The zero-order valence-electron chi connectivity index (χ0n) is 26.6. The lowest BCUT2D eigenvalue weighted by Crippen LogP contribution is -2.50. The van der Waals surface area contributed by atoms with Crippen LogP contribution in [0.4, 0.5) is 11.5 Å². The number of fused-ring (bicyclic) bond motifs is 3. The third kappa shape index (κ3) is 5.98. The number of nitrogens with one attached hydrogen (secondary N) is 2. The van der Waals surface area contributed by atoms with Gasteiger partial charge >= 0.3 is 0 Å². The van der Waals surface area contributed by atoms with Crippen molar-refractivity contribution in [3.8, 4) is 5.75 Å². The Morgan fingerprint density at radius 2 is 1.67 bits per heavy atom. The number of nitrogens with zero attached hydrogens (tertiary/aromatic N) is 4. The highest BCUT2D eigenvalue weighted by Gasteiger charge is 2.42. The number of piperazine rings is 1. The van der Waals surface area contributed by atoms with Crippen LogP contribution < -0.4 is 25.2 Å². The molecule has 7 rings (SSSR count). The Kier molecular flexibility index (Phi) is 8.12. The van der Waals surface area contributed by atoms with Gasteiger partial charge in [-0.15, -0.1) is 0 Å². The van der Waals surface area contributed by atoms with Gasteiger partial charge in [0, 0.05) is 73.7 Å². The molecule has 2 aromatic carbocycles. The second kappa shape index (κ2) is 12.4. The number of hydrogen-bond donors (Lipinski definition) is 2. The molecule has 3 unspecified atom stereocenters. The number of anilines is 2. The zero-order chi connectivity index (χ0) is 31.1. The van der Waals surface area contributed by atoms with Crippen LogP contribution in [0.2, 0.25) is 0 Å². The maximum atomic E-state index is 13.2.